The molecule has 0 aliphatic rings. The molecule has 0 bridgehead atoms. The monoisotopic (exact) mass is 304 g/mol. The number of hydrogen-bond acceptors (Lipinski definition) is 4. The van der Waals surface area contributed by atoms with E-state index < -0.39 is 0 Å². The van der Waals surface area contributed by atoms with Gasteiger partial charge in [0.2, 0.25) is 0 Å². The Hall–Kier alpha value is -1.88. The average Bonchev–Trinajstić information content (AvgIpc) is 2.77. The zero-order valence-electron chi connectivity index (χ0n) is 12.6. The van der Waals surface area contributed by atoms with Crippen molar-refractivity contribution >= 4 is 17.2 Å². The molecule has 112 valence electrons. The molecule has 0 unspecified atom stereocenters. The number of nitrogens with one attached hydrogen (secondary N) is 1. The van der Waals surface area contributed by atoms with E-state index in [9.17, 15) is 4.79 Å². The van der Waals surface area contributed by atoms with E-state index in [2.05, 4.69) is 17.2 Å². The van der Waals surface area contributed by atoms with E-state index in [1.807, 2.05) is 38.1 Å². The van der Waals surface area contributed by atoms with Crippen LogP contribution in [0.1, 0.15) is 21.1 Å². The zero-order valence-corrected chi connectivity index (χ0v) is 13.4. The summed E-state index contributed by atoms with van der Waals surface area (Å²) >= 11 is 1.68. The highest BCUT2D eigenvalue weighted by Gasteiger charge is 2.05. The molecule has 0 aliphatic heterocycles. The molecule has 5 heteroatoms. The van der Waals surface area contributed by atoms with Crippen molar-refractivity contribution < 1.29 is 9.53 Å². The Balaban J connectivity index is 1.69. The Morgan fingerprint density at radius 3 is 2.57 bits per heavy atom. The second-order valence-electron chi connectivity index (χ2n) is 4.95. The molecule has 0 radical (unpaired) electrons. The Kier molecular flexibility index (Phi) is 5.33. The first-order valence-corrected chi connectivity index (χ1v) is 7.75. The lowest BCUT2D eigenvalue weighted by Crippen LogP contribution is -2.30. The minimum absolute atomic E-state index is 0.0407. The summed E-state index contributed by atoms with van der Waals surface area (Å²) < 4.78 is 5.42. The smallest absolute Gasteiger partial charge is 0.257 e. The number of ether oxygens (including phenoxy) is 1. The number of nitrogens with zero attached hydrogens (tertiary/aromatic N) is 1. The number of aryl methyl sites for hydroxylation is 3. The highest BCUT2D eigenvalue weighted by Crippen LogP contribution is 2.16. The molecule has 2 rings (SSSR count). The summed E-state index contributed by atoms with van der Waals surface area (Å²) in [6.45, 7) is 6.70. The Bertz CT molecular complexity index is 586. The normalized spacial score (nSPS) is 10.4. The predicted molar refractivity (Wildman–Crippen MR) is 85.0 cm³/mol. The molecule has 0 spiro atoms. The minimum Gasteiger partial charge on any atom is -0.484 e. The number of thiazole rings is 1. The van der Waals surface area contributed by atoms with Gasteiger partial charge < -0.3 is 10.1 Å². The van der Waals surface area contributed by atoms with Crippen LogP contribution in [0.5, 0.6) is 5.75 Å². The van der Waals surface area contributed by atoms with Crippen molar-refractivity contribution in [1.82, 2.24) is 10.3 Å². The summed E-state index contributed by atoms with van der Waals surface area (Å²) in [7, 11) is 0. The first kappa shape index (κ1) is 15.5. The van der Waals surface area contributed by atoms with E-state index in [-0.39, 0.29) is 12.5 Å². The first-order valence-electron chi connectivity index (χ1n) is 6.93. The van der Waals surface area contributed by atoms with Crippen molar-refractivity contribution in [3.05, 3.63) is 45.4 Å². The summed E-state index contributed by atoms with van der Waals surface area (Å²) in [5.74, 6) is 0.600. The SMILES string of the molecule is Cc1ccc(OCC(=O)NCCc2nc(C)c(C)s2)cc1. The first-order chi connectivity index (χ1) is 10.0. The van der Waals surface area contributed by atoms with Gasteiger partial charge in [-0.2, -0.15) is 0 Å². The second kappa shape index (κ2) is 7.22. The van der Waals surface area contributed by atoms with Crippen molar-refractivity contribution in [1.29, 1.82) is 0 Å². The summed E-state index contributed by atoms with van der Waals surface area (Å²) in [6.07, 6.45) is 0.760. The molecule has 0 saturated heterocycles. The fourth-order valence-corrected chi connectivity index (χ4v) is 2.72. The van der Waals surface area contributed by atoms with Gasteiger partial charge in [0.05, 0.1) is 10.7 Å². The van der Waals surface area contributed by atoms with Gasteiger partial charge in [-0.1, -0.05) is 17.7 Å². The van der Waals surface area contributed by atoms with Gasteiger partial charge in [0, 0.05) is 17.8 Å². The maximum atomic E-state index is 11.7. The molecule has 1 heterocycles. The van der Waals surface area contributed by atoms with E-state index in [4.69, 9.17) is 4.74 Å². The van der Waals surface area contributed by atoms with E-state index in [0.717, 1.165) is 17.1 Å². The maximum Gasteiger partial charge on any atom is 0.257 e. The molecule has 0 fully saturated rings. The molecular formula is C16H20N2O2S. The van der Waals surface area contributed by atoms with E-state index in [1.54, 1.807) is 11.3 Å². The van der Waals surface area contributed by atoms with Crippen LogP contribution in [0.25, 0.3) is 0 Å². The van der Waals surface area contributed by atoms with Crippen LogP contribution in [0.2, 0.25) is 0 Å². The Morgan fingerprint density at radius 1 is 1.24 bits per heavy atom. The molecule has 4 nitrogen and oxygen atoms in total. The third kappa shape index (κ3) is 4.86. The minimum atomic E-state index is -0.111. The average molecular weight is 304 g/mol. The summed E-state index contributed by atoms with van der Waals surface area (Å²) in [5.41, 5.74) is 2.24. The number of carbonyl (C=O) groups is 1. The van der Waals surface area contributed by atoms with Crippen LogP contribution >= 0.6 is 11.3 Å². The number of aromatic nitrogens is 1. The van der Waals surface area contributed by atoms with Crippen molar-refractivity contribution in [2.45, 2.75) is 27.2 Å². The van der Waals surface area contributed by atoms with Gasteiger partial charge >= 0.3 is 0 Å². The topological polar surface area (TPSA) is 51.2 Å². The fourth-order valence-electron chi connectivity index (χ4n) is 1.79. The molecule has 2 aromatic rings. The van der Waals surface area contributed by atoms with E-state index >= 15 is 0 Å². The Morgan fingerprint density at radius 2 is 1.95 bits per heavy atom. The lowest BCUT2D eigenvalue weighted by atomic mass is 10.2. The third-order valence-electron chi connectivity index (χ3n) is 3.12. The molecule has 21 heavy (non-hydrogen) atoms. The summed E-state index contributed by atoms with van der Waals surface area (Å²) in [5, 5.41) is 3.90. The standard InChI is InChI=1S/C16H20N2O2S/c1-11-4-6-14(7-5-11)20-10-15(19)17-9-8-16-18-12(2)13(3)21-16/h4-7H,8-10H2,1-3H3,(H,17,19). The van der Waals surface area contributed by atoms with E-state index in [0.29, 0.717) is 12.3 Å². The second-order valence-corrected chi connectivity index (χ2v) is 6.24. The lowest BCUT2D eigenvalue weighted by molar-refractivity contribution is -0.123. The number of carbonyl (C=O) groups excluding carboxylic acids is 1. The number of hydrogen-bond donors (Lipinski definition) is 1. The number of rotatable bonds is 6. The molecule has 0 saturated carbocycles. The van der Waals surface area contributed by atoms with Crippen LogP contribution in [0.3, 0.4) is 0 Å². The van der Waals surface area contributed by atoms with Gasteiger partial charge in [-0.3, -0.25) is 4.79 Å². The van der Waals surface area contributed by atoms with Gasteiger partial charge in [0.1, 0.15) is 5.75 Å². The fraction of sp³-hybridized carbons (Fsp3) is 0.375. The highest BCUT2D eigenvalue weighted by molar-refractivity contribution is 7.11. The van der Waals surface area contributed by atoms with Gasteiger partial charge in [-0.05, 0) is 32.9 Å². The van der Waals surface area contributed by atoms with Crippen LogP contribution in [-0.4, -0.2) is 24.0 Å². The molecule has 1 N–H and O–H groups in total. The van der Waals surface area contributed by atoms with Gasteiger partial charge in [-0.25, -0.2) is 4.98 Å². The molecule has 1 amide bonds. The predicted octanol–water partition coefficient (Wildman–Crippen LogP) is 2.81. The van der Waals surface area contributed by atoms with Crippen LogP contribution in [0.15, 0.2) is 24.3 Å². The molecular weight excluding hydrogens is 284 g/mol. The molecule has 0 aliphatic carbocycles. The summed E-state index contributed by atoms with van der Waals surface area (Å²) in [6, 6.07) is 7.65. The van der Waals surface area contributed by atoms with Gasteiger partial charge in [0.15, 0.2) is 6.61 Å². The molecule has 0 atom stereocenters. The van der Waals surface area contributed by atoms with Crippen LogP contribution in [0, 0.1) is 20.8 Å². The zero-order chi connectivity index (χ0) is 15.2. The van der Waals surface area contributed by atoms with Crippen molar-refractivity contribution in [2.24, 2.45) is 0 Å². The van der Waals surface area contributed by atoms with Crippen LogP contribution in [0.4, 0.5) is 0 Å². The Labute approximate surface area is 129 Å². The maximum absolute atomic E-state index is 11.7. The highest BCUT2D eigenvalue weighted by atomic mass is 32.1. The van der Waals surface area contributed by atoms with Gasteiger partial charge in [-0.15, -0.1) is 11.3 Å². The number of amides is 1. The van der Waals surface area contributed by atoms with Gasteiger partial charge in [0.25, 0.3) is 5.91 Å². The van der Waals surface area contributed by atoms with E-state index in [1.165, 1.54) is 10.4 Å². The van der Waals surface area contributed by atoms with Crippen LogP contribution in [-0.2, 0) is 11.2 Å². The quantitative estimate of drug-likeness (QED) is 0.893. The molecule has 1 aromatic carbocycles. The van der Waals surface area contributed by atoms with Crippen LogP contribution < -0.4 is 10.1 Å². The van der Waals surface area contributed by atoms with Crippen molar-refractivity contribution in [2.75, 3.05) is 13.2 Å². The summed E-state index contributed by atoms with van der Waals surface area (Å²) in [4.78, 5) is 17.4. The largest absolute Gasteiger partial charge is 0.484 e. The lowest BCUT2D eigenvalue weighted by Gasteiger charge is -2.07. The third-order valence-corrected chi connectivity index (χ3v) is 4.26. The van der Waals surface area contributed by atoms with Crippen molar-refractivity contribution in [3.63, 3.8) is 0 Å². The number of benzene rings is 1. The van der Waals surface area contributed by atoms with Crippen molar-refractivity contribution in [3.8, 4) is 5.75 Å². The molecule has 1 aromatic heterocycles.